The molecule has 2 aromatic carbocycles. The lowest BCUT2D eigenvalue weighted by Gasteiger charge is -2.13. The average molecular weight is 449 g/mol. The number of anilines is 1. The fourth-order valence-electron chi connectivity index (χ4n) is 3.54. The highest BCUT2D eigenvalue weighted by Gasteiger charge is 2.16. The molecule has 0 atom stereocenters. The maximum absolute atomic E-state index is 12.3. The number of ether oxygens (including phenoxy) is 2. The second-order valence-corrected chi connectivity index (χ2v) is 7.67. The number of hydrogen-bond donors (Lipinski definition) is 2. The Bertz CT molecular complexity index is 1230. The summed E-state index contributed by atoms with van der Waals surface area (Å²) in [6, 6.07) is 13.1. The molecule has 33 heavy (non-hydrogen) atoms. The fourth-order valence-corrected chi connectivity index (χ4v) is 3.54. The van der Waals surface area contributed by atoms with Gasteiger partial charge in [-0.25, -0.2) is 5.43 Å². The maximum Gasteiger partial charge on any atom is 0.329 e. The van der Waals surface area contributed by atoms with Gasteiger partial charge in [0, 0.05) is 28.7 Å². The molecule has 0 saturated heterocycles. The molecule has 0 bridgehead atoms. The first-order chi connectivity index (χ1) is 15.7. The van der Waals surface area contributed by atoms with E-state index in [9.17, 15) is 9.59 Å². The third-order valence-corrected chi connectivity index (χ3v) is 5.31. The predicted octanol–water partition coefficient (Wildman–Crippen LogP) is 3.82. The monoisotopic (exact) mass is 448 g/mol. The van der Waals surface area contributed by atoms with Crippen LogP contribution in [0.2, 0.25) is 0 Å². The normalized spacial score (nSPS) is 10.8. The molecule has 1 aromatic heterocycles. The minimum atomic E-state index is -0.896. The van der Waals surface area contributed by atoms with Gasteiger partial charge in [0.05, 0.1) is 26.1 Å². The first-order valence-corrected chi connectivity index (χ1v) is 10.4. The van der Waals surface area contributed by atoms with Crippen molar-refractivity contribution in [2.24, 2.45) is 5.10 Å². The number of nitrogens with one attached hydrogen (secondary N) is 2. The molecular formula is C25H28N4O4. The van der Waals surface area contributed by atoms with Crippen molar-refractivity contribution in [1.29, 1.82) is 0 Å². The van der Waals surface area contributed by atoms with Gasteiger partial charge in [0.2, 0.25) is 0 Å². The van der Waals surface area contributed by atoms with Crippen LogP contribution >= 0.6 is 0 Å². The molecule has 172 valence electrons. The number of carbonyl (C=O) groups is 2. The highest BCUT2D eigenvalue weighted by Crippen LogP contribution is 2.29. The predicted molar refractivity (Wildman–Crippen MR) is 129 cm³/mol. The summed E-state index contributed by atoms with van der Waals surface area (Å²) in [7, 11) is 2.99. The van der Waals surface area contributed by atoms with E-state index in [0.717, 1.165) is 28.2 Å². The van der Waals surface area contributed by atoms with E-state index >= 15 is 0 Å². The molecular weight excluding hydrogens is 420 g/mol. The molecule has 8 nitrogen and oxygen atoms in total. The van der Waals surface area contributed by atoms with Crippen LogP contribution in [0.25, 0.3) is 5.69 Å². The molecule has 0 aliphatic heterocycles. The van der Waals surface area contributed by atoms with Gasteiger partial charge in [-0.2, -0.15) is 5.10 Å². The molecule has 0 aliphatic carbocycles. The van der Waals surface area contributed by atoms with Crippen LogP contribution in [-0.2, 0) is 9.59 Å². The van der Waals surface area contributed by atoms with Gasteiger partial charge < -0.3 is 19.4 Å². The molecule has 1 heterocycles. The first-order valence-electron chi connectivity index (χ1n) is 10.4. The lowest BCUT2D eigenvalue weighted by Crippen LogP contribution is -2.32. The summed E-state index contributed by atoms with van der Waals surface area (Å²) in [6.07, 6.45) is 1.53. The Morgan fingerprint density at radius 2 is 1.70 bits per heavy atom. The molecule has 0 aliphatic rings. The third kappa shape index (κ3) is 5.23. The average Bonchev–Trinajstić information content (AvgIpc) is 3.08. The zero-order valence-corrected chi connectivity index (χ0v) is 19.6. The van der Waals surface area contributed by atoms with Gasteiger partial charge in [-0.1, -0.05) is 12.1 Å². The fraction of sp³-hybridized carbons (Fsp3) is 0.240. The molecule has 3 rings (SSSR count). The van der Waals surface area contributed by atoms with Gasteiger partial charge in [0.1, 0.15) is 11.5 Å². The molecule has 0 spiro atoms. The van der Waals surface area contributed by atoms with E-state index in [4.69, 9.17) is 9.47 Å². The Balaban J connectivity index is 1.71. The summed E-state index contributed by atoms with van der Waals surface area (Å²) in [6.45, 7) is 8.13. The second kappa shape index (κ2) is 10.0. The number of aryl methyl sites for hydroxylation is 3. The smallest absolute Gasteiger partial charge is 0.329 e. The number of rotatable bonds is 6. The zero-order chi connectivity index (χ0) is 24.1. The third-order valence-electron chi connectivity index (χ3n) is 5.31. The molecule has 2 amide bonds. The lowest BCUT2D eigenvalue weighted by atomic mass is 10.1. The minimum absolute atomic E-state index is 0.347. The van der Waals surface area contributed by atoms with Crippen LogP contribution < -0.4 is 20.2 Å². The number of aromatic nitrogens is 1. The Labute approximate surface area is 193 Å². The summed E-state index contributed by atoms with van der Waals surface area (Å²) in [5.74, 6) is -0.820. The highest BCUT2D eigenvalue weighted by molar-refractivity contribution is 6.39. The molecule has 0 fully saturated rings. The Hall–Kier alpha value is -4.07. The molecule has 8 heteroatoms. The standard InChI is InChI=1S/C25H28N4O4/c1-15-7-8-16(2)22(11-15)29-17(3)12-19(18(29)4)14-26-28-25(31)24(30)27-21-10-9-20(32-5)13-23(21)33-6/h7-14H,1-6H3,(H,27,30)(H,28,31)/b26-14-. The Kier molecular flexibility index (Phi) is 7.17. The lowest BCUT2D eigenvalue weighted by molar-refractivity contribution is -0.136. The van der Waals surface area contributed by atoms with Gasteiger partial charge in [-0.15, -0.1) is 0 Å². The van der Waals surface area contributed by atoms with Gasteiger partial charge >= 0.3 is 11.8 Å². The van der Waals surface area contributed by atoms with Crippen LogP contribution in [0.4, 0.5) is 5.69 Å². The van der Waals surface area contributed by atoms with Gasteiger partial charge in [0.25, 0.3) is 0 Å². The van der Waals surface area contributed by atoms with Gasteiger partial charge in [-0.3, -0.25) is 9.59 Å². The summed E-state index contributed by atoms with van der Waals surface area (Å²) in [4.78, 5) is 24.5. The van der Waals surface area contributed by atoms with Crippen LogP contribution in [0, 0.1) is 27.7 Å². The number of amides is 2. The summed E-state index contributed by atoms with van der Waals surface area (Å²) < 4.78 is 12.5. The molecule has 0 unspecified atom stereocenters. The molecule has 0 saturated carbocycles. The summed E-state index contributed by atoms with van der Waals surface area (Å²) >= 11 is 0. The second-order valence-electron chi connectivity index (χ2n) is 7.67. The van der Waals surface area contributed by atoms with Crippen molar-refractivity contribution in [3.63, 3.8) is 0 Å². The highest BCUT2D eigenvalue weighted by atomic mass is 16.5. The van der Waals surface area contributed by atoms with Crippen LogP contribution in [0.3, 0.4) is 0 Å². The quantitative estimate of drug-likeness (QED) is 0.341. The topological polar surface area (TPSA) is 94.0 Å². The van der Waals surface area contributed by atoms with Gasteiger partial charge in [-0.05, 0) is 63.1 Å². The Morgan fingerprint density at radius 1 is 0.939 bits per heavy atom. The number of carbonyl (C=O) groups excluding carboxylic acids is 2. The van der Waals surface area contributed by atoms with Crippen molar-refractivity contribution < 1.29 is 19.1 Å². The number of hydrogen-bond acceptors (Lipinski definition) is 5. The van der Waals surface area contributed by atoms with Crippen LogP contribution in [0.15, 0.2) is 47.6 Å². The van der Waals surface area contributed by atoms with Crippen molar-refractivity contribution in [3.8, 4) is 17.2 Å². The largest absolute Gasteiger partial charge is 0.497 e. The number of benzene rings is 2. The molecule has 0 radical (unpaired) electrons. The van der Waals surface area contributed by atoms with E-state index in [-0.39, 0.29) is 0 Å². The van der Waals surface area contributed by atoms with Crippen LogP contribution in [-0.4, -0.2) is 36.8 Å². The van der Waals surface area contributed by atoms with E-state index in [1.807, 2.05) is 19.9 Å². The van der Waals surface area contributed by atoms with E-state index in [1.54, 1.807) is 18.2 Å². The Morgan fingerprint density at radius 3 is 2.39 bits per heavy atom. The number of nitrogens with zero attached hydrogens (tertiary/aromatic N) is 2. The van der Waals surface area contributed by atoms with Crippen molar-refractivity contribution in [2.75, 3.05) is 19.5 Å². The van der Waals surface area contributed by atoms with Crippen molar-refractivity contribution >= 4 is 23.7 Å². The van der Waals surface area contributed by atoms with Crippen molar-refractivity contribution in [1.82, 2.24) is 9.99 Å². The molecule has 2 N–H and O–H groups in total. The first kappa shape index (κ1) is 23.6. The van der Waals surface area contributed by atoms with Crippen LogP contribution in [0.5, 0.6) is 11.5 Å². The SMILES string of the molecule is COc1ccc(NC(=O)C(=O)N/N=C\c2cc(C)n(-c3cc(C)ccc3C)c2C)c(OC)c1. The van der Waals surface area contributed by atoms with Gasteiger partial charge in [0.15, 0.2) is 0 Å². The van der Waals surface area contributed by atoms with E-state index in [1.165, 1.54) is 26.0 Å². The maximum atomic E-state index is 12.3. The number of hydrazone groups is 1. The van der Waals surface area contributed by atoms with E-state index in [0.29, 0.717) is 17.2 Å². The van der Waals surface area contributed by atoms with Crippen molar-refractivity contribution in [2.45, 2.75) is 27.7 Å². The van der Waals surface area contributed by atoms with Crippen molar-refractivity contribution in [3.05, 3.63) is 70.5 Å². The van der Waals surface area contributed by atoms with E-state index in [2.05, 4.69) is 52.5 Å². The zero-order valence-electron chi connectivity index (χ0n) is 19.6. The summed E-state index contributed by atoms with van der Waals surface area (Å²) in [5.41, 5.74) is 8.90. The number of methoxy groups -OCH3 is 2. The van der Waals surface area contributed by atoms with Crippen LogP contribution in [0.1, 0.15) is 28.1 Å². The summed E-state index contributed by atoms with van der Waals surface area (Å²) in [5, 5.41) is 6.48. The minimum Gasteiger partial charge on any atom is -0.497 e. The molecule has 3 aromatic rings. The van der Waals surface area contributed by atoms with E-state index < -0.39 is 11.8 Å².